The molecule has 2 bridgehead atoms. The lowest BCUT2D eigenvalue weighted by atomic mass is 9.55. The van der Waals surface area contributed by atoms with Crippen LogP contribution in [-0.4, -0.2) is 64.7 Å². The lowest BCUT2D eigenvalue weighted by molar-refractivity contribution is -0.157. The van der Waals surface area contributed by atoms with Crippen molar-refractivity contribution in [1.82, 2.24) is 10.6 Å². The molecule has 5 aliphatic rings. The minimum Gasteiger partial charge on any atom is -0.392 e. The third-order valence-corrected chi connectivity index (χ3v) is 9.43. The van der Waals surface area contributed by atoms with Gasteiger partial charge in [-0.15, -0.1) is 23.2 Å². The molecule has 0 aromatic carbocycles. The Labute approximate surface area is 205 Å². The molecule has 0 radical (unpaired) electrons. The molecule has 9 heteroatoms. The predicted molar refractivity (Wildman–Crippen MR) is 125 cm³/mol. The Hall–Kier alpha value is -0.630. The van der Waals surface area contributed by atoms with Crippen LogP contribution in [0.25, 0.3) is 0 Å². The zero-order valence-electron chi connectivity index (χ0n) is 19.2. The van der Waals surface area contributed by atoms with Crippen molar-refractivity contribution in [3.8, 4) is 0 Å². The number of aliphatic hydroxyl groups is 1. The van der Waals surface area contributed by atoms with Gasteiger partial charge in [0.25, 0.3) is 0 Å². The highest BCUT2D eigenvalue weighted by atomic mass is 35.5. The van der Waals surface area contributed by atoms with Crippen LogP contribution in [-0.2, 0) is 14.3 Å². The van der Waals surface area contributed by atoms with Gasteiger partial charge in [0, 0.05) is 23.9 Å². The second kappa shape index (κ2) is 10.5. The van der Waals surface area contributed by atoms with Crippen molar-refractivity contribution in [1.29, 1.82) is 0 Å². The molecule has 5 rings (SSSR count). The second-order valence-corrected chi connectivity index (χ2v) is 12.0. The Balaban J connectivity index is 1.24. The molecule has 0 aromatic rings. The molecular weight excluding hydrogens is 470 g/mol. The van der Waals surface area contributed by atoms with E-state index >= 15 is 0 Å². The summed E-state index contributed by atoms with van der Waals surface area (Å²) in [6.07, 6.45) is 6.12. The van der Waals surface area contributed by atoms with Gasteiger partial charge in [-0.1, -0.05) is 6.42 Å². The van der Waals surface area contributed by atoms with E-state index in [0.29, 0.717) is 57.4 Å². The molecule has 5 saturated carbocycles. The number of carbonyl (C=O) groups is 2. The largest absolute Gasteiger partial charge is 0.392 e. The molecule has 5 fully saturated rings. The standard InChI is InChI=1S/C24H37Cl2FN2O4/c25-16-3-1-2-15(10-16)13-28-22(32)24-8-6-23(7-9-24,12-20(24)30)29-21(31)14-33-17-4-5-18(26)19(27)11-17/h15-20,30H,1-14H2,(H,28,32)(H,29,31). The summed E-state index contributed by atoms with van der Waals surface area (Å²) in [4.78, 5) is 25.7. The number of ether oxygens (including phenoxy) is 1. The van der Waals surface area contributed by atoms with Crippen molar-refractivity contribution < 1.29 is 23.8 Å². The molecule has 6 nitrogen and oxygen atoms in total. The van der Waals surface area contributed by atoms with E-state index in [0.717, 1.165) is 25.7 Å². The number of alkyl halides is 3. The molecule has 5 aliphatic carbocycles. The maximum absolute atomic E-state index is 13.8. The van der Waals surface area contributed by atoms with E-state index in [1.165, 1.54) is 0 Å². The molecular formula is C24H37Cl2FN2O4. The third-order valence-electron chi connectivity index (χ3n) is 8.54. The van der Waals surface area contributed by atoms with E-state index in [4.69, 9.17) is 27.9 Å². The minimum atomic E-state index is -1.10. The van der Waals surface area contributed by atoms with Crippen molar-refractivity contribution in [2.75, 3.05) is 13.2 Å². The number of amides is 2. The molecule has 0 heterocycles. The van der Waals surface area contributed by atoms with Crippen LogP contribution in [0.5, 0.6) is 0 Å². The Bertz CT molecular complexity index is 719. The van der Waals surface area contributed by atoms with Crippen molar-refractivity contribution in [3.05, 3.63) is 0 Å². The summed E-state index contributed by atoms with van der Waals surface area (Å²) >= 11 is 12.2. The van der Waals surface area contributed by atoms with E-state index in [1.807, 2.05) is 0 Å². The monoisotopic (exact) mass is 506 g/mol. The normalized spacial score (nSPS) is 43.2. The summed E-state index contributed by atoms with van der Waals surface area (Å²) in [6, 6.07) is 0. The maximum atomic E-state index is 13.8. The third kappa shape index (κ3) is 5.79. The Morgan fingerprint density at radius 2 is 1.82 bits per heavy atom. The first-order valence-electron chi connectivity index (χ1n) is 12.5. The van der Waals surface area contributed by atoms with Crippen LogP contribution in [0.15, 0.2) is 0 Å². The summed E-state index contributed by atoms with van der Waals surface area (Å²) in [5.74, 6) is 0.0826. The zero-order chi connectivity index (χ0) is 23.6. The van der Waals surface area contributed by atoms with Crippen LogP contribution in [0, 0.1) is 11.3 Å². The molecule has 0 aliphatic heterocycles. The van der Waals surface area contributed by atoms with Crippen molar-refractivity contribution in [3.63, 3.8) is 0 Å². The molecule has 2 amide bonds. The van der Waals surface area contributed by atoms with Gasteiger partial charge in [0.15, 0.2) is 0 Å². The highest BCUT2D eigenvalue weighted by Gasteiger charge is 2.58. The quantitative estimate of drug-likeness (QED) is 0.460. The Kier molecular flexibility index (Phi) is 8.14. The first kappa shape index (κ1) is 25.5. The fourth-order valence-electron chi connectivity index (χ4n) is 6.38. The maximum Gasteiger partial charge on any atom is 0.246 e. The van der Waals surface area contributed by atoms with Crippen molar-refractivity contribution in [2.45, 2.75) is 112 Å². The summed E-state index contributed by atoms with van der Waals surface area (Å²) in [7, 11) is 0. The Morgan fingerprint density at radius 3 is 2.48 bits per heavy atom. The molecule has 0 spiro atoms. The number of carbonyl (C=O) groups excluding carboxylic acids is 2. The first-order valence-corrected chi connectivity index (χ1v) is 13.4. The van der Waals surface area contributed by atoms with Gasteiger partial charge in [0.1, 0.15) is 12.8 Å². The number of nitrogens with one attached hydrogen (secondary N) is 2. The average molecular weight is 507 g/mol. The summed E-state index contributed by atoms with van der Waals surface area (Å²) in [6.45, 7) is 0.484. The molecule has 188 valence electrons. The van der Waals surface area contributed by atoms with Crippen LogP contribution in [0.3, 0.4) is 0 Å². The number of fused-ring (bicyclic) bond motifs is 3. The fraction of sp³-hybridized carbons (Fsp3) is 0.917. The average Bonchev–Trinajstić information content (AvgIpc) is 2.79. The van der Waals surface area contributed by atoms with E-state index < -0.39 is 28.6 Å². The summed E-state index contributed by atoms with van der Waals surface area (Å²) in [5, 5.41) is 16.8. The SMILES string of the molecule is O=C(COC1CCC(Cl)C(F)C1)NC12CCC(C(=O)NCC3CCCC(Cl)C3)(CC1)C(O)C2. The molecule has 0 saturated heterocycles. The van der Waals surface area contributed by atoms with Gasteiger partial charge in [0.2, 0.25) is 11.8 Å². The molecule has 0 aromatic heterocycles. The highest BCUT2D eigenvalue weighted by molar-refractivity contribution is 6.21. The van der Waals surface area contributed by atoms with E-state index in [9.17, 15) is 19.1 Å². The number of hydrogen-bond donors (Lipinski definition) is 3. The van der Waals surface area contributed by atoms with E-state index in [-0.39, 0.29) is 36.3 Å². The van der Waals surface area contributed by atoms with Crippen LogP contribution in [0.4, 0.5) is 4.39 Å². The second-order valence-electron chi connectivity index (χ2n) is 10.8. The van der Waals surface area contributed by atoms with Crippen molar-refractivity contribution in [2.24, 2.45) is 11.3 Å². The summed E-state index contributed by atoms with van der Waals surface area (Å²) < 4.78 is 19.4. The molecule has 6 atom stereocenters. The number of hydrogen-bond acceptors (Lipinski definition) is 4. The lowest BCUT2D eigenvalue weighted by Gasteiger charge is -2.55. The fourth-order valence-corrected chi connectivity index (χ4v) is 7.01. The summed E-state index contributed by atoms with van der Waals surface area (Å²) in [5.41, 5.74) is -1.28. The van der Waals surface area contributed by atoms with Gasteiger partial charge in [0.05, 0.1) is 23.0 Å². The van der Waals surface area contributed by atoms with Gasteiger partial charge >= 0.3 is 0 Å². The topological polar surface area (TPSA) is 87.7 Å². The zero-order valence-corrected chi connectivity index (χ0v) is 20.7. The predicted octanol–water partition coefficient (Wildman–Crippen LogP) is 3.59. The van der Waals surface area contributed by atoms with Gasteiger partial charge < -0.3 is 20.5 Å². The highest BCUT2D eigenvalue weighted by Crippen LogP contribution is 2.52. The van der Waals surface area contributed by atoms with E-state index in [1.54, 1.807) is 0 Å². The van der Waals surface area contributed by atoms with Crippen LogP contribution >= 0.6 is 23.2 Å². The molecule has 33 heavy (non-hydrogen) atoms. The lowest BCUT2D eigenvalue weighted by Crippen LogP contribution is -2.65. The first-order chi connectivity index (χ1) is 15.7. The van der Waals surface area contributed by atoms with Gasteiger partial charge in [-0.3, -0.25) is 9.59 Å². The van der Waals surface area contributed by atoms with E-state index in [2.05, 4.69) is 10.6 Å². The van der Waals surface area contributed by atoms with Crippen LogP contribution < -0.4 is 10.6 Å². The van der Waals surface area contributed by atoms with Crippen molar-refractivity contribution >= 4 is 35.0 Å². The van der Waals surface area contributed by atoms with Crippen LogP contribution in [0.2, 0.25) is 0 Å². The number of halogens is 3. The molecule has 3 N–H and O–H groups in total. The smallest absolute Gasteiger partial charge is 0.246 e. The van der Waals surface area contributed by atoms with Gasteiger partial charge in [-0.2, -0.15) is 0 Å². The van der Waals surface area contributed by atoms with Gasteiger partial charge in [-0.05, 0) is 70.1 Å². The minimum absolute atomic E-state index is 0.0645. The Morgan fingerprint density at radius 1 is 1.06 bits per heavy atom. The van der Waals surface area contributed by atoms with Crippen LogP contribution in [0.1, 0.15) is 77.0 Å². The molecule has 6 unspecified atom stereocenters. The number of aliphatic hydroxyl groups excluding tert-OH is 1. The van der Waals surface area contributed by atoms with Gasteiger partial charge in [-0.25, -0.2) is 4.39 Å². The number of rotatable bonds is 7.